The van der Waals surface area contributed by atoms with Crippen molar-refractivity contribution in [1.29, 1.82) is 0 Å². The first-order valence-corrected chi connectivity index (χ1v) is 5.59. The Labute approximate surface area is 90.0 Å². The highest BCUT2D eigenvalue weighted by atomic mass is 15.4. The minimum atomic E-state index is 0.416. The largest absolute Gasteiger partial charge is 0.330 e. The third-order valence-corrected chi connectivity index (χ3v) is 3.20. The van der Waals surface area contributed by atoms with Crippen molar-refractivity contribution >= 4 is 0 Å². The smallest absolute Gasteiger partial charge is 0.0753 e. The van der Waals surface area contributed by atoms with Crippen LogP contribution in [-0.4, -0.2) is 28.1 Å². The predicted molar refractivity (Wildman–Crippen MR) is 58.1 cm³/mol. The molecule has 3 N–H and O–H groups in total. The zero-order valence-electron chi connectivity index (χ0n) is 9.19. The molecule has 5 heteroatoms. The minimum Gasteiger partial charge on any atom is -0.330 e. The van der Waals surface area contributed by atoms with Crippen LogP contribution in [0.5, 0.6) is 0 Å². The van der Waals surface area contributed by atoms with Gasteiger partial charge in [0, 0.05) is 7.05 Å². The molecule has 1 aliphatic heterocycles. The normalized spacial score (nSPS) is 26.8. The van der Waals surface area contributed by atoms with E-state index in [0.717, 1.165) is 31.8 Å². The summed E-state index contributed by atoms with van der Waals surface area (Å²) < 4.78 is 1.85. The Hall–Kier alpha value is -0.940. The summed E-state index contributed by atoms with van der Waals surface area (Å²) in [4.78, 5) is 0. The highest BCUT2D eigenvalue weighted by Crippen LogP contribution is 2.25. The lowest BCUT2D eigenvalue weighted by Crippen LogP contribution is -2.35. The molecule has 2 atom stereocenters. The Morgan fingerprint density at radius 3 is 3.00 bits per heavy atom. The fraction of sp³-hybridized carbons (Fsp3) is 0.800. The van der Waals surface area contributed by atoms with Crippen molar-refractivity contribution in [2.75, 3.05) is 13.1 Å². The molecule has 0 bridgehead atoms. The first-order chi connectivity index (χ1) is 7.31. The molecule has 2 unspecified atom stereocenters. The highest BCUT2D eigenvalue weighted by Gasteiger charge is 2.23. The zero-order chi connectivity index (χ0) is 10.7. The van der Waals surface area contributed by atoms with Crippen LogP contribution in [0.1, 0.15) is 31.0 Å². The molecule has 2 rings (SSSR count). The van der Waals surface area contributed by atoms with Gasteiger partial charge in [0.1, 0.15) is 0 Å². The average molecular weight is 209 g/mol. The molecule has 1 aromatic rings. The number of hydrogen-bond acceptors (Lipinski definition) is 4. The average Bonchev–Trinajstić information content (AvgIpc) is 2.66. The second-order valence-corrected chi connectivity index (χ2v) is 4.26. The van der Waals surface area contributed by atoms with Crippen molar-refractivity contribution in [2.45, 2.75) is 25.3 Å². The van der Waals surface area contributed by atoms with E-state index in [2.05, 4.69) is 15.6 Å². The molecule has 1 aromatic heterocycles. The lowest BCUT2D eigenvalue weighted by Gasteiger charge is -2.29. The van der Waals surface area contributed by atoms with Gasteiger partial charge < -0.3 is 11.1 Å². The maximum absolute atomic E-state index is 5.56. The summed E-state index contributed by atoms with van der Waals surface area (Å²) in [6.07, 6.45) is 5.39. The van der Waals surface area contributed by atoms with E-state index in [4.69, 9.17) is 5.73 Å². The third-order valence-electron chi connectivity index (χ3n) is 3.20. The molecule has 0 saturated carbocycles. The quantitative estimate of drug-likeness (QED) is 0.746. The fourth-order valence-electron chi connectivity index (χ4n) is 2.26. The van der Waals surface area contributed by atoms with Crippen molar-refractivity contribution in [3.05, 3.63) is 11.9 Å². The molecule has 1 fully saturated rings. The summed E-state index contributed by atoms with van der Waals surface area (Å²) in [5.74, 6) is 0.743. The molecule has 5 nitrogen and oxygen atoms in total. The number of nitrogens with one attached hydrogen (secondary N) is 1. The fourth-order valence-corrected chi connectivity index (χ4v) is 2.26. The Balaban J connectivity index is 1.91. The number of piperidine rings is 1. The highest BCUT2D eigenvalue weighted by molar-refractivity contribution is 5.03. The summed E-state index contributed by atoms with van der Waals surface area (Å²) >= 11 is 0. The van der Waals surface area contributed by atoms with Crippen LogP contribution in [0.2, 0.25) is 0 Å². The Bertz CT molecular complexity index is 301. The van der Waals surface area contributed by atoms with Crippen molar-refractivity contribution in [1.82, 2.24) is 20.3 Å². The van der Waals surface area contributed by atoms with E-state index >= 15 is 0 Å². The summed E-state index contributed by atoms with van der Waals surface area (Å²) in [5, 5.41) is 11.4. The number of nitrogens with zero attached hydrogens (tertiary/aromatic N) is 3. The summed E-state index contributed by atoms with van der Waals surface area (Å²) in [7, 11) is 1.94. The van der Waals surface area contributed by atoms with Gasteiger partial charge in [0.2, 0.25) is 0 Å². The molecule has 84 valence electrons. The van der Waals surface area contributed by atoms with Gasteiger partial charge >= 0.3 is 0 Å². The van der Waals surface area contributed by atoms with Gasteiger partial charge in [0.15, 0.2) is 0 Å². The minimum absolute atomic E-state index is 0.416. The molecule has 0 radical (unpaired) electrons. The van der Waals surface area contributed by atoms with Crippen LogP contribution in [0, 0.1) is 5.92 Å². The number of hydrogen-bond donors (Lipinski definition) is 2. The van der Waals surface area contributed by atoms with Gasteiger partial charge in [-0.1, -0.05) is 5.21 Å². The molecule has 15 heavy (non-hydrogen) atoms. The summed E-state index contributed by atoms with van der Waals surface area (Å²) in [6.45, 7) is 1.86. The standard InChI is InChI=1S/C10H19N5/c1-15-10(7-13-14-15)9-3-2-8(4-5-11)6-12-9/h7-9,12H,2-6,11H2,1H3. The van der Waals surface area contributed by atoms with E-state index in [0.29, 0.717) is 6.04 Å². The molecule has 0 amide bonds. The lowest BCUT2D eigenvalue weighted by molar-refractivity contribution is 0.295. The number of nitrogens with two attached hydrogens (primary N) is 1. The van der Waals surface area contributed by atoms with Gasteiger partial charge in [0.25, 0.3) is 0 Å². The zero-order valence-corrected chi connectivity index (χ0v) is 9.19. The van der Waals surface area contributed by atoms with E-state index in [1.165, 1.54) is 12.1 Å². The first-order valence-electron chi connectivity index (χ1n) is 5.59. The van der Waals surface area contributed by atoms with Crippen molar-refractivity contribution < 1.29 is 0 Å². The van der Waals surface area contributed by atoms with Gasteiger partial charge in [-0.2, -0.15) is 0 Å². The van der Waals surface area contributed by atoms with E-state index in [1.54, 1.807) is 0 Å². The van der Waals surface area contributed by atoms with Crippen LogP contribution in [0.25, 0.3) is 0 Å². The Morgan fingerprint density at radius 2 is 2.47 bits per heavy atom. The molecule has 0 aliphatic carbocycles. The van der Waals surface area contributed by atoms with E-state index in [-0.39, 0.29) is 0 Å². The van der Waals surface area contributed by atoms with Crippen LogP contribution in [0.4, 0.5) is 0 Å². The van der Waals surface area contributed by atoms with Gasteiger partial charge in [-0.15, -0.1) is 5.10 Å². The van der Waals surface area contributed by atoms with Crippen molar-refractivity contribution in [2.24, 2.45) is 18.7 Å². The topological polar surface area (TPSA) is 68.8 Å². The Morgan fingerprint density at radius 1 is 1.60 bits per heavy atom. The summed E-state index contributed by atoms with van der Waals surface area (Å²) in [6, 6.07) is 0.416. The van der Waals surface area contributed by atoms with E-state index < -0.39 is 0 Å². The van der Waals surface area contributed by atoms with Crippen molar-refractivity contribution in [3.8, 4) is 0 Å². The predicted octanol–water partition coefficient (Wildman–Crippen LogP) is 0.205. The second kappa shape index (κ2) is 4.72. The van der Waals surface area contributed by atoms with Gasteiger partial charge in [0.05, 0.1) is 17.9 Å². The first kappa shape index (κ1) is 10.6. The summed E-state index contributed by atoms with van der Waals surface area (Å²) in [5.41, 5.74) is 6.74. The van der Waals surface area contributed by atoms with Crippen LogP contribution >= 0.6 is 0 Å². The molecular weight excluding hydrogens is 190 g/mol. The maximum atomic E-state index is 5.56. The van der Waals surface area contributed by atoms with Crippen molar-refractivity contribution in [3.63, 3.8) is 0 Å². The van der Waals surface area contributed by atoms with E-state index in [1.807, 2.05) is 17.9 Å². The van der Waals surface area contributed by atoms with E-state index in [9.17, 15) is 0 Å². The van der Waals surface area contributed by atoms with Gasteiger partial charge in [-0.05, 0) is 38.3 Å². The SMILES string of the molecule is Cn1nncc1C1CCC(CCN)CN1. The van der Waals surface area contributed by atoms with Gasteiger partial charge in [-0.3, -0.25) is 4.68 Å². The van der Waals surface area contributed by atoms with Crippen LogP contribution in [-0.2, 0) is 7.05 Å². The third kappa shape index (κ3) is 2.35. The molecule has 1 aliphatic rings. The van der Waals surface area contributed by atoms with Gasteiger partial charge in [-0.25, -0.2) is 0 Å². The molecule has 2 heterocycles. The molecular formula is C10H19N5. The molecule has 1 saturated heterocycles. The Kier molecular flexibility index (Phi) is 3.33. The number of rotatable bonds is 3. The number of aryl methyl sites for hydroxylation is 1. The second-order valence-electron chi connectivity index (χ2n) is 4.26. The number of aromatic nitrogens is 3. The molecule has 0 spiro atoms. The van der Waals surface area contributed by atoms with Crippen LogP contribution in [0.3, 0.4) is 0 Å². The monoisotopic (exact) mass is 209 g/mol. The maximum Gasteiger partial charge on any atom is 0.0753 e. The lowest BCUT2D eigenvalue weighted by atomic mass is 9.91. The van der Waals surface area contributed by atoms with Crippen LogP contribution in [0.15, 0.2) is 6.20 Å². The van der Waals surface area contributed by atoms with Crippen LogP contribution < -0.4 is 11.1 Å². The molecule has 0 aromatic carbocycles.